The van der Waals surface area contributed by atoms with Gasteiger partial charge < -0.3 is 19.5 Å². The highest BCUT2D eigenvalue weighted by Gasteiger charge is 2.13. The number of aromatic nitrogens is 2. The lowest BCUT2D eigenvalue weighted by molar-refractivity contribution is -0.116. The van der Waals surface area contributed by atoms with Gasteiger partial charge in [0.05, 0.1) is 13.2 Å². The van der Waals surface area contributed by atoms with Crippen LogP contribution >= 0.6 is 0 Å². The van der Waals surface area contributed by atoms with Gasteiger partial charge in [-0.25, -0.2) is 0 Å². The van der Waals surface area contributed by atoms with Gasteiger partial charge in [0.25, 0.3) is 0 Å². The molecule has 0 atom stereocenters. The number of amides is 1. The highest BCUT2D eigenvalue weighted by Crippen LogP contribution is 2.21. The van der Waals surface area contributed by atoms with E-state index < -0.39 is 0 Å². The first-order chi connectivity index (χ1) is 12.6. The number of morpholine rings is 1. The second-order valence-corrected chi connectivity index (χ2v) is 6.75. The minimum absolute atomic E-state index is 0.00674. The smallest absolute Gasteiger partial charge is 0.226 e. The van der Waals surface area contributed by atoms with Crippen molar-refractivity contribution in [2.75, 3.05) is 36.5 Å². The molecule has 26 heavy (non-hydrogen) atoms. The van der Waals surface area contributed by atoms with E-state index in [0.29, 0.717) is 31.0 Å². The van der Waals surface area contributed by atoms with Gasteiger partial charge in [0, 0.05) is 43.2 Å². The molecule has 1 aliphatic heterocycles. The molecule has 140 valence electrons. The number of nitrogens with one attached hydrogen (secondary N) is 1. The molecule has 0 spiro atoms. The van der Waals surface area contributed by atoms with Crippen molar-refractivity contribution in [1.82, 2.24) is 10.1 Å². The first kappa shape index (κ1) is 18.4. The van der Waals surface area contributed by atoms with Crippen LogP contribution in [0.4, 0.5) is 11.4 Å². The maximum Gasteiger partial charge on any atom is 0.226 e. The average molecular weight is 358 g/mol. The molecule has 1 aromatic carbocycles. The molecule has 2 heterocycles. The van der Waals surface area contributed by atoms with E-state index in [0.717, 1.165) is 37.7 Å². The fourth-order valence-electron chi connectivity index (χ4n) is 2.83. The van der Waals surface area contributed by atoms with Gasteiger partial charge >= 0.3 is 0 Å². The van der Waals surface area contributed by atoms with Gasteiger partial charge in [-0.15, -0.1) is 0 Å². The molecule has 1 fully saturated rings. The predicted molar refractivity (Wildman–Crippen MR) is 99.4 cm³/mol. The van der Waals surface area contributed by atoms with Crippen LogP contribution in [0.25, 0.3) is 0 Å². The average Bonchev–Trinajstić information content (AvgIpc) is 3.12. The van der Waals surface area contributed by atoms with Gasteiger partial charge in [-0.1, -0.05) is 25.1 Å². The quantitative estimate of drug-likeness (QED) is 0.819. The van der Waals surface area contributed by atoms with E-state index in [4.69, 9.17) is 9.26 Å². The Kier molecular flexibility index (Phi) is 6.22. The van der Waals surface area contributed by atoms with E-state index >= 15 is 0 Å². The maximum atomic E-state index is 12.2. The van der Waals surface area contributed by atoms with Gasteiger partial charge in [0.1, 0.15) is 0 Å². The van der Waals surface area contributed by atoms with Crippen molar-refractivity contribution in [2.45, 2.75) is 39.0 Å². The third-order valence-electron chi connectivity index (χ3n) is 4.30. The number of ether oxygens (including phenoxy) is 1. The molecule has 0 aliphatic carbocycles. The van der Waals surface area contributed by atoms with E-state index in [2.05, 4.69) is 26.4 Å². The minimum atomic E-state index is -0.00674. The number of nitrogens with zero attached hydrogens (tertiary/aromatic N) is 3. The lowest BCUT2D eigenvalue weighted by atomic mass is 10.2. The van der Waals surface area contributed by atoms with Gasteiger partial charge in [-0.3, -0.25) is 4.79 Å². The Balaban J connectivity index is 1.46. The van der Waals surface area contributed by atoms with E-state index in [1.165, 1.54) is 0 Å². The fourth-order valence-corrected chi connectivity index (χ4v) is 2.83. The Labute approximate surface area is 153 Å². The topological polar surface area (TPSA) is 80.5 Å². The Morgan fingerprint density at radius 3 is 2.85 bits per heavy atom. The van der Waals surface area contributed by atoms with E-state index in [1.807, 2.05) is 32.0 Å². The van der Waals surface area contributed by atoms with Crippen LogP contribution in [0.1, 0.15) is 44.3 Å². The third-order valence-corrected chi connectivity index (χ3v) is 4.30. The van der Waals surface area contributed by atoms with Crippen LogP contribution in [0.2, 0.25) is 0 Å². The number of aryl methyl sites for hydroxylation is 1. The summed E-state index contributed by atoms with van der Waals surface area (Å²) >= 11 is 0. The Hall–Kier alpha value is -2.41. The second-order valence-electron chi connectivity index (χ2n) is 6.75. The normalized spacial score (nSPS) is 14.7. The summed E-state index contributed by atoms with van der Waals surface area (Å²) in [6, 6.07) is 7.94. The van der Waals surface area contributed by atoms with Crippen LogP contribution < -0.4 is 10.2 Å². The summed E-state index contributed by atoms with van der Waals surface area (Å²) in [4.78, 5) is 18.8. The number of anilines is 2. The minimum Gasteiger partial charge on any atom is -0.378 e. The summed E-state index contributed by atoms with van der Waals surface area (Å²) in [5.74, 6) is 1.54. The van der Waals surface area contributed by atoms with Crippen molar-refractivity contribution in [3.8, 4) is 0 Å². The molecule has 2 aromatic rings. The molecular formula is C19H26N4O3. The van der Waals surface area contributed by atoms with Crippen LogP contribution in [0.5, 0.6) is 0 Å². The zero-order chi connectivity index (χ0) is 18.4. The SMILES string of the molecule is CC(C)c1noc(CCCC(=O)Nc2cccc(N3CCOCC3)c2)n1. The van der Waals surface area contributed by atoms with E-state index in [9.17, 15) is 4.79 Å². The largest absolute Gasteiger partial charge is 0.378 e. The zero-order valence-corrected chi connectivity index (χ0v) is 15.4. The summed E-state index contributed by atoms with van der Waals surface area (Å²) in [5, 5.41) is 6.90. The van der Waals surface area contributed by atoms with Gasteiger partial charge in [0.2, 0.25) is 11.8 Å². The highest BCUT2D eigenvalue weighted by molar-refractivity contribution is 5.91. The van der Waals surface area contributed by atoms with Gasteiger partial charge in [-0.05, 0) is 24.6 Å². The van der Waals surface area contributed by atoms with Crippen molar-refractivity contribution in [3.63, 3.8) is 0 Å². The molecule has 7 nitrogen and oxygen atoms in total. The van der Waals surface area contributed by atoms with Crippen LogP contribution in [-0.2, 0) is 16.0 Å². The molecule has 1 aliphatic rings. The molecule has 3 rings (SSSR count). The molecule has 1 N–H and O–H groups in total. The molecule has 1 aromatic heterocycles. The van der Waals surface area contributed by atoms with Crippen molar-refractivity contribution >= 4 is 17.3 Å². The number of hydrogen-bond donors (Lipinski definition) is 1. The van der Waals surface area contributed by atoms with Crippen LogP contribution in [0.15, 0.2) is 28.8 Å². The number of carbonyl (C=O) groups is 1. The van der Waals surface area contributed by atoms with Gasteiger partial charge in [-0.2, -0.15) is 4.98 Å². The van der Waals surface area contributed by atoms with E-state index in [1.54, 1.807) is 0 Å². The van der Waals surface area contributed by atoms with Gasteiger partial charge in [0.15, 0.2) is 5.82 Å². The monoisotopic (exact) mass is 358 g/mol. The summed E-state index contributed by atoms with van der Waals surface area (Å²) in [5.41, 5.74) is 1.93. The molecular weight excluding hydrogens is 332 g/mol. The second kappa shape index (κ2) is 8.80. The lowest BCUT2D eigenvalue weighted by Gasteiger charge is -2.29. The summed E-state index contributed by atoms with van der Waals surface area (Å²) < 4.78 is 10.6. The molecule has 0 unspecified atom stereocenters. The fraction of sp³-hybridized carbons (Fsp3) is 0.526. The van der Waals surface area contributed by atoms with Crippen LogP contribution in [0.3, 0.4) is 0 Å². The highest BCUT2D eigenvalue weighted by atomic mass is 16.5. The van der Waals surface area contributed by atoms with Crippen molar-refractivity contribution < 1.29 is 14.1 Å². The molecule has 0 saturated carbocycles. The van der Waals surface area contributed by atoms with E-state index in [-0.39, 0.29) is 11.8 Å². The first-order valence-electron chi connectivity index (χ1n) is 9.17. The predicted octanol–water partition coefficient (Wildman–Crippen LogP) is 2.99. The van der Waals surface area contributed by atoms with Crippen molar-refractivity contribution in [3.05, 3.63) is 36.0 Å². The molecule has 0 bridgehead atoms. The van der Waals surface area contributed by atoms with Crippen molar-refractivity contribution in [1.29, 1.82) is 0 Å². The molecule has 1 saturated heterocycles. The Morgan fingerprint density at radius 2 is 2.12 bits per heavy atom. The molecule has 0 radical (unpaired) electrons. The first-order valence-corrected chi connectivity index (χ1v) is 9.17. The lowest BCUT2D eigenvalue weighted by Crippen LogP contribution is -2.36. The Morgan fingerprint density at radius 1 is 1.31 bits per heavy atom. The molecule has 1 amide bonds. The Bertz CT molecular complexity index is 723. The van der Waals surface area contributed by atoms with Crippen LogP contribution in [0, 0.1) is 0 Å². The number of hydrogen-bond acceptors (Lipinski definition) is 6. The number of rotatable bonds is 7. The zero-order valence-electron chi connectivity index (χ0n) is 15.4. The summed E-state index contributed by atoms with van der Waals surface area (Å²) in [6.07, 6.45) is 1.71. The third kappa shape index (κ3) is 5.05. The van der Waals surface area contributed by atoms with Crippen LogP contribution in [-0.4, -0.2) is 42.4 Å². The summed E-state index contributed by atoms with van der Waals surface area (Å²) in [6.45, 7) is 7.27. The maximum absolute atomic E-state index is 12.2. The van der Waals surface area contributed by atoms with Crippen molar-refractivity contribution in [2.24, 2.45) is 0 Å². The molecule has 7 heteroatoms. The standard InChI is InChI=1S/C19H26N4O3/c1-14(2)19-21-18(26-22-19)8-4-7-17(24)20-15-5-3-6-16(13-15)23-9-11-25-12-10-23/h3,5-6,13-14H,4,7-12H2,1-2H3,(H,20,24). The summed E-state index contributed by atoms with van der Waals surface area (Å²) in [7, 11) is 0. The number of benzene rings is 1. The number of carbonyl (C=O) groups excluding carboxylic acids is 1.